The van der Waals surface area contributed by atoms with Crippen molar-refractivity contribution in [1.82, 2.24) is 9.97 Å². The van der Waals surface area contributed by atoms with Gasteiger partial charge in [-0.1, -0.05) is 0 Å². The molecule has 0 aliphatic carbocycles. The zero-order valence-electron chi connectivity index (χ0n) is 10.0. The van der Waals surface area contributed by atoms with Crippen molar-refractivity contribution >= 4 is 17.6 Å². The second kappa shape index (κ2) is 5.20. The molecule has 1 aliphatic rings. The molecule has 1 aromatic rings. The lowest BCUT2D eigenvalue weighted by Crippen LogP contribution is -2.43. The quantitative estimate of drug-likeness (QED) is 0.621. The van der Waals surface area contributed by atoms with Gasteiger partial charge in [0.15, 0.2) is 0 Å². The van der Waals surface area contributed by atoms with Crippen molar-refractivity contribution in [2.45, 2.75) is 30.1 Å². The second-order valence-corrected chi connectivity index (χ2v) is 4.99. The number of nitrogens with zero attached hydrogens (tertiary/aromatic N) is 2. The first-order valence-corrected chi connectivity index (χ1v) is 6.80. The number of rotatable bonds is 4. The number of ether oxygens (including phenoxy) is 1. The summed E-state index contributed by atoms with van der Waals surface area (Å²) in [5.74, 6) is 0.733. The summed E-state index contributed by atoms with van der Waals surface area (Å²) in [6, 6.07) is 1.87. The van der Waals surface area contributed by atoms with E-state index in [1.165, 1.54) is 6.33 Å². The molecule has 1 fully saturated rings. The second-order valence-electron chi connectivity index (χ2n) is 4.17. The summed E-state index contributed by atoms with van der Waals surface area (Å²) >= 11 is 1.56. The largest absolute Gasteiger partial charge is 0.385 e. The molecule has 1 aliphatic heterocycles. The average Bonchev–Trinajstić information content (AvgIpc) is 2.68. The third-order valence-electron chi connectivity index (χ3n) is 3.09. The Labute approximate surface area is 105 Å². The molecule has 2 rings (SSSR count). The highest BCUT2D eigenvalue weighted by molar-refractivity contribution is 7.98. The predicted molar refractivity (Wildman–Crippen MR) is 67.3 cm³/mol. The fourth-order valence-corrected chi connectivity index (χ4v) is 2.18. The first-order valence-electron chi connectivity index (χ1n) is 5.58. The molecule has 0 radical (unpaired) electrons. The Kier molecular flexibility index (Phi) is 3.86. The van der Waals surface area contributed by atoms with Crippen molar-refractivity contribution < 1.29 is 9.84 Å². The van der Waals surface area contributed by atoms with E-state index in [2.05, 4.69) is 15.3 Å². The van der Waals surface area contributed by atoms with E-state index < -0.39 is 5.60 Å². The summed E-state index contributed by atoms with van der Waals surface area (Å²) in [6.45, 7) is 2.94. The van der Waals surface area contributed by atoms with Crippen molar-refractivity contribution in [3.8, 4) is 0 Å². The van der Waals surface area contributed by atoms with E-state index in [0.717, 1.165) is 10.8 Å². The van der Waals surface area contributed by atoms with Crippen LogP contribution in [0.25, 0.3) is 0 Å². The van der Waals surface area contributed by atoms with Gasteiger partial charge in [0.2, 0.25) is 0 Å². The van der Waals surface area contributed by atoms with E-state index in [1.54, 1.807) is 11.8 Å². The predicted octanol–water partition coefficient (Wildman–Crippen LogP) is 1.15. The van der Waals surface area contributed by atoms with Crippen LogP contribution in [0, 0.1) is 0 Å². The zero-order valence-corrected chi connectivity index (χ0v) is 10.8. The van der Waals surface area contributed by atoms with Crippen molar-refractivity contribution in [3.05, 3.63) is 12.4 Å². The molecule has 0 bridgehead atoms. The minimum atomic E-state index is -0.801. The van der Waals surface area contributed by atoms with E-state index >= 15 is 0 Å². The lowest BCUT2D eigenvalue weighted by atomic mass is 9.97. The van der Waals surface area contributed by atoms with Crippen LogP contribution >= 0.6 is 11.8 Å². The minimum absolute atomic E-state index is 0.142. The zero-order chi connectivity index (χ0) is 12.3. The van der Waals surface area contributed by atoms with Gasteiger partial charge in [-0.25, -0.2) is 9.97 Å². The van der Waals surface area contributed by atoms with E-state index in [9.17, 15) is 5.11 Å². The van der Waals surface area contributed by atoms with Gasteiger partial charge in [0.25, 0.3) is 0 Å². The van der Waals surface area contributed by atoms with Gasteiger partial charge in [-0.2, -0.15) is 0 Å². The molecule has 0 saturated carbocycles. The highest BCUT2D eigenvalue weighted by Crippen LogP contribution is 2.26. The van der Waals surface area contributed by atoms with Crippen LogP contribution in [-0.2, 0) is 4.74 Å². The Morgan fingerprint density at radius 2 is 2.47 bits per heavy atom. The van der Waals surface area contributed by atoms with Crippen LogP contribution in [0.1, 0.15) is 13.3 Å². The molecular formula is C11H17N3O2S. The molecule has 0 spiro atoms. The third kappa shape index (κ3) is 2.88. The number of aromatic nitrogens is 2. The molecule has 1 aromatic heterocycles. The van der Waals surface area contributed by atoms with Gasteiger partial charge in [-0.3, -0.25) is 0 Å². The maximum atomic E-state index is 10.3. The number of aliphatic hydroxyl groups is 1. The summed E-state index contributed by atoms with van der Waals surface area (Å²) in [5.41, 5.74) is -0.801. The summed E-state index contributed by atoms with van der Waals surface area (Å²) in [6.07, 6.45) is 4.00. The summed E-state index contributed by atoms with van der Waals surface area (Å²) in [7, 11) is 0. The fraction of sp³-hybridized carbons (Fsp3) is 0.636. The molecule has 94 valence electrons. The molecule has 0 aromatic carbocycles. The average molecular weight is 255 g/mol. The fourth-order valence-electron chi connectivity index (χ4n) is 1.79. The Balaban J connectivity index is 1.97. The maximum Gasteiger partial charge on any atom is 0.130 e. The van der Waals surface area contributed by atoms with E-state index in [1.807, 2.05) is 19.2 Å². The molecule has 2 heterocycles. The minimum Gasteiger partial charge on any atom is -0.385 e. The van der Waals surface area contributed by atoms with Gasteiger partial charge in [-0.05, 0) is 13.2 Å². The number of hydrogen-bond acceptors (Lipinski definition) is 6. The first kappa shape index (κ1) is 12.6. The third-order valence-corrected chi connectivity index (χ3v) is 3.73. The summed E-state index contributed by atoms with van der Waals surface area (Å²) < 4.78 is 5.37. The van der Waals surface area contributed by atoms with Gasteiger partial charge < -0.3 is 15.2 Å². The van der Waals surface area contributed by atoms with Crippen LogP contribution in [-0.4, -0.2) is 46.2 Å². The molecule has 5 nitrogen and oxygen atoms in total. The first-order chi connectivity index (χ1) is 8.14. The molecule has 17 heavy (non-hydrogen) atoms. The van der Waals surface area contributed by atoms with Gasteiger partial charge in [0.1, 0.15) is 22.8 Å². The molecule has 1 saturated heterocycles. The van der Waals surface area contributed by atoms with Gasteiger partial charge in [0, 0.05) is 25.6 Å². The Morgan fingerprint density at radius 1 is 1.65 bits per heavy atom. The Hall–Kier alpha value is -0.850. The molecule has 2 unspecified atom stereocenters. The van der Waals surface area contributed by atoms with Crippen molar-refractivity contribution in [3.63, 3.8) is 0 Å². The van der Waals surface area contributed by atoms with Crippen molar-refractivity contribution in [2.75, 3.05) is 24.7 Å². The van der Waals surface area contributed by atoms with Gasteiger partial charge in [-0.15, -0.1) is 11.8 Å². The standard InChI is InChI=1S/C11H17N3O2S/c1-8-11(15,3-4-16-8)6-12-9-5-10(17-2)14-7-13-9/h5,7-8,15H,3-4,6H2,1-2H3,(H,12,13,14). The highest BCUT2D eigenvalue weighted by atomic mass is 32.2. The van der Waals surface area contributed by atoms with Crippen LogP contribution in [0.3, 0.4) is 0 Å². The maximum absolute atomic E-state index is 10.3. The summed E-state index contributed by atoms with van der Waals surface area (Å²) in [4.78, 5) is 8.21. The smallest absolute Gasteiger partial charge is 0.130 e. The Morgan fingerprint density at radius 3 is 3.12 bits per heavy atom. The van der Waals surface area contributed by atoms with E-state index in [4.69, 9.17) is 4.74 Å². The molecule has 2 atom stereocenters. The lowest BCUT2D eigenvalue weighted by Gasteiger charge is -2.26. The molecule has 2 N–H and O–H groups in total. The van der Waals surface area contributed by atoms with Crippen LogP contribution in [0.4, 0.5) is 5.82 Å². The number of anilines is 1. The normalized spacial score (nSPS) is 28.3. The van der Waals surface area contributed by atoms with Crippen LogP contribution in [0.5, 0.6) is 0 Å². The number of thioether (sulfide) groups is 1. The Bertz CT molecular complexity index is 391. The number of nitrogens with one attached hydrogen (secondary N) is 1. The van der Waals surface area contributed by atoms with Crippen LogP contribution in [0.2, 0.25) is 0 Å². The molecule has 0 amide bonds. The molecule has 6 heteroatoms. The van der Waals surface area contributed by atoms with Gasteiger partial charge >= 0.3 is 0 Å². The molecular weight excluding hydrogens is 238 g/mol. The van der Waals surface area contributed by atoms with E-state index in [-0.39, 0.29) is 6.10 Å². The van der Waals surface area contributed by atoms with Crippen LogP contribution < -0.4 is 5.32 Å². The van der Waals surface area contributed by atoms with Gasteiger partial charge in [0.05, 0.1) is 6.10 Å². The van der Waals surface area contributed by atoms with Crippen LogP contribution in [0.15, 0.2) is 17.4 Å². The topological polar surface area (TPSA) is 67.3 Å². The monoisotopic (exact) mass is 255 g/mol. The summed E-state index contributed by atoms with van der Waals surface area (Å²) in [5, 5.41) is 14.4. The number of hydrogen-bond donors (Lipinski definition) is 2. The van der Waals surface area contributed by atoms with E-state index in [0.29, 0.717) is 19.6 Å². The highest BCUT2D eigenvalue weighted by Gasteiger charge is 2.39. The SMILES string of the molecule is CSc1cc(NCC2(O)CCOC2C)ncn1. The van der Waals surface area contributed by atoms with Crippen molar-refractivity contribution in [1.29, 1.82) is 0 Å². The van der Waals surface area contributed by atoms with Crippen molar-refractivity contribution in [2.24, 2.45) is 0 Å². The lowest BCUT2D eigenvalue weighted by molar-refractivity contribution is -0.0176.